The number of rotatable bonds is 5. The number of halogens is 2. The highest BCUT2D eigenvalue weighted by Crippen LogP contribution is 2.20. The van der Waals surface area contributed by atoms with Crippen molar-refractivity contribution in [2.75, 3.05) is 20.3 Å². The first-order valence-corrected chi connectivity index (χ1v) is 5.85. The third-order valence-corrected chi connectivity index (χ3v) is 2.92. The summed E-state index contributed by atoms with van der Waals surface area (Å²) in [6.45, 7) is 0.865. The molecule has 1 aromatic carbocycles. The summed E-state index contributed by atoms with van der Waals surface area (Å²) < 4.78 is 42.6. The van der Waals surface area contributed by atoms with Gasteiger partial charge in [-0.2, -0.15) is 0 Å². The van der Waals surface area contributed by atoms with E-state index in [0.29, 0.717) is 19.6 Å². The molecule has 2 rings (SSSR count). The highest BCUT2D eigenvalue weighted by molar-refractivity contribution is 5.18. The van der Waals surface area contributed by atoms with Crippen molar-refractivity contribution < 1.29 is 23.0 Å². The van der Waals surface area contributed by atoms with Crippen molar-refractivity contribution in [3.05, 3.63) is 35.4 Å². The number of methoxy groups -OCH3 is 1. The molecule has 2 atom stereocenters. The highest BCUT2D eigenvalue weighted by Gasteiger charge is 2.26. The Morgan fingerprint density at radius 3 is 2.72 bits per heavy atom. The summed E-state index contributed by atoms with van der Waals surface area (Å²) >= 11 is 0. The van der Waals surface area contributed by atoms with E-state index >= 15 is 0 Å². The van der Waals surface area contributed by atoms with Crippen LogP contribution in [0.5, 0.6) is 0 Å². The topological polar surface area (TPSA) is 27.7 Å². The summed E-state index contributed by atoms with van der Waals surface area (Å²) in [5, 5.41) is 0. The zero-order chi connectivity index (χ0) is 13.0. The van der Waals surface area contributed by atoms with Crippen molar-refractivity contribution in [3.63, 3.8) is 0 Å². The summed E-state index contributed by atoms with van der Waals surface area (Å²) in [6.07, 6.45) is 0.554. The third-order valence-electron chi connectivity index (χ3n) is 2.92. The molecule has 1 fully saturated rings. The average molecular weight is 258 g/mol. The summed E-state index contributed by atoms with van der Waals surface area (Å²) in [4.78, 5) is 0. The Kier molecular flexibility index (Phi) is 4.63. The molecule has 3 nitrogen and oxygen atoms in total. The van der Waals surface area contributed by atoms with Gasteiger partial charge < -0.3 is 14.2 Å². The van der Waals surface area contributed by atoms with Gasteiger partial charge in [0.15, 0.2) is 0 Å². The van der Waals surface area contributed by atoms with E-state index in [2.05, 4.69) is 0 Å². The maximum Gasteiger partial charge on any atom is 0.131 e. The van der Waals surface area contributed by atoms with E-state index in [-0.39, 0.29) is 24.4 Å². The molecule has 0 aliphatic carbocycles. The predicted molar refractivity (Wildman–Crippen MR) is 61.2 cm³/mol. The van der Waals surface area contributed by atoms with Crippen LogP contribution in [0.4, 0.5) is 8.78 Å². The largest absolute Gasteiger partial charge is 0.382 e. The van der Waals surface area contributed by atoms with E-state index < -0.39 is 11.6 Å². The van der Waals surface area contributed by atoms with Crippen LogP contribution in [-0.2, 0) is 20.8 Å². The van der Waals surface area contributed by atoms with Gasteiger partial charge in [0.25, 0.3) is 0 Å². The second-order valence-electron chi connectivity index (χ2n) is 4.28. The Balaban J connectivity index is 1.85. The van der Waals surface area contributed by atoms with E-state index in [4.69, 9.17) is 14.2 Å². The molecule has 18 heavy (non-hydrogen) atoms. The second kappa shape index (κ2) is 6.22. The maximum atomic E-state index is 13.4. The summed E-state index contributed by atoms with van der Waals surface area (Å²) in [6, 6.07) is 3.78. The lowest BCUT2D eigenvalue weighted by Gasteiger charge is -2.11. The molecule has 0 amide bonds. The molecule has 0 spiro atoms. The molecule has 1 aliphatic rings. The van der Waals surface area contributed by atoms with Crippen LogP contribution in [0.25, 0.3) is 0 Å². The molecule has 100 valence electrons. The van der Waals surface area contributed by atoms with Crippen molar-refractivity contribution in [2.45, 2.75) is 25.2 Å². The van der Waals surface area contributed by atoms with Gasteiger partial charge in [-0.3, -0.25) is 0 Å². The minimum Gasteiger partial charge on any atom is -0.382 e. The molecule has 1 aliphatic heterocycles. The van der Waals surface area contributed by atoms with E-state index in [1.807, 2.05) is 0 Å². The third kappa shape index (κ3) is 3.25. The van der Waals surface area contributed by atoms with E-state index in [0.717, 1.165) is 0 Å². The Morgan fingerprint density at radius 2 is 2.06 bits per heavy atom. The molecule has 1 aromatic rings. The van der Waals surface area contributed by atoms with Crippen LogP contribution >= 0.6 is 0 Å². The normalized spacial score (nSPS) is 23.5. The van der Waals surface area contributed by atoms with Crippen LogP contribution in [0, 0.1) is 11.6 Å². The van der Waals surface area contributed by atoms with Crippen LogP contribution in [0.3, 0.4) is 0 Å². The van der Waals surface area contributed by atoms with Gasteiger partial charge in [-0.15, -0.1) is 0 Å². The van der Waals surface area contributed by atoms with E-state index in [1.54, 1.807) is 7.11 Å². The molecule has 0 radical (unpaired) electrons. The Hall–Kier alpha value is -1.04. The summed E-state index contributed by atoms with van der Waals surface area (Å²) in [7, 11) is 1.60. The van der Waals surface area contributed by atoms with Crippen LogP contribution in [-0.4, -0.2) is 32.5 Å². The smallest absolute Gasteiger partial charge is 0.131 e. The molecule has 0 aromatic heterocycles. The summed E-state index contributed by atoms with van der Waals surface area (Å²) in [5.41, 5.74) is -0.0345. The van der Waals surface area contributed by atoms with Crippen molar-refractivity contribution in [2.24, 2.45) is 0 Å². The van der Waals surface area contributed by atoms with Gasteiger partial charge in [0.05, 0.1) is 32.0 Å². The SMILES string of the molecule is COCC1CC(OCc2c(F)cccc2F)CO1. The zero-order valence-electron chi connectivity index (χ0n) is 10.2. The Morgan fingerprint density at radius 1 is 1.33 bits per heavy atom. The van der Waals surface area contributed by atoms with Crippen LogP contribution in [0.2, 0.25) is 0 Å². The van der Waals surface area contributed by atoms with Crippen molar-refractivity contribution in [1.29, 1.82) is 0 Å². The van der Waals surface area contributed by atoms with Gasteiger partial charge >= 0.3 is 0 Å². The molecule has 0 bridgehead atoms. The second-order valence-corrected chi connectivity index (χ2v) is 4.28. The minimum atomic E-state index is -0.581. The van der Waals surface area contributed by atoms with Gasteiger partial charge in [-0.25, -0.2) is 8.78 Å². The first kappa shape index (κ1) is 13.4. The quantitative estimate of drug-likeness (QED) is 0.811. The van der Waals surface area contributed by atoms with Crippen molar-refractivity contribution in [1.82, 2.24) is 0 Å². The minimum absolute atomic E-state index is 0.00506. The fourth-order valence-electron chi connectivity index (χ4n) is 1.96. The predicted octanol–water partition coefficient (Wildman–Crippen LogP) is 2.29. The molecule has 2 unspecified atom stereocenters. The number of hydrogen-bond donors (Lipinski definition) is 0. The zero-order valence-corrected chi connectivity index (χ0v) is 10.2. The number of hydrogen-bond acceptors (Lipinski definition) is 3. The Labute approximate surface area is 105 Å². The highest BCUT2D eigenvalue weighted by atomic mass is 19.1. The van der Waals surface area contributed by atoms with Crippen LogP contribution in [0.1, 0.15) is 12.0 Å². The number of ether oxygens (including phenoxy) is 3. The van der Waals surface area contributed by atoms with Crippen molar-refractivity contribution >= 4 is 0 Å². The fraction of sp³-hybridized carbons (Fsp3) is 0.538. The Bertz CT molecular complexity index is 378. The average Bonchev–Trinajstić information content (AvgIpc) is 2.77. The number of benzene rings is 1. The van der Waals surface area contributed by atoms with Crippen LogP contribution < -0.4 is 0 Å². The van der Waals surface area contributed by atoms with Gasteiger partial charge in [0, 0.05) is 19.1 Å². The molecule has 1 saturated heterocycles. The van der Waals surface area contributed by atoms with Crippen LogP contribution in [0.15, 0.2) is 18.2 Å². The fourth-order valence-corrected chi connectivity index (χ4v) is 1.96. The van der Waals surface area contributed by atoms with Gasteiger partial charge in [0.1, 0.15) is 11.6 Å². The van der Waals surface area contributed by atoms with Crippen molar-refractivity contribution in [3.8, 4) is 0 Å². The molecule has 5 heteroatoms. The summed E-state index contributed by atoms with van der Waals surface area (Å²) in [5.74, 6) is -1.16. The monoisotopic (exact) mass is 258 g/mol. The molecule has 1 heterocycles. The van der Waals surface area contributed by atoms with E-state index in [9.17, 15) is 8.78 Å². The first-order chi connectivity index (χ1) is 8.70. The lowest BCUT2D eigenvalue weighted by atomic mass is 10.2. The standard InChI is InChI=1S/C13H16F2O3/c1-16-6-9-5-10(7-17-9)18-8-11-12(14)3-2-4-13(11)15/h2-4,9-10H,5-8H2,1H3. The first-order valence-electron chi connectivity index (χ1n) is 5.85. The molecule has 0 N–H and O–H groups in total. The maximum absolute atomic E-state index is 13.4. The van der Waals surface area contributed by atoms with Gasteiger partial charge in [-0.1, -0.05) is 6.07 Å². The molecular weight excluding hydrogens is 242 g/mol. The van der Waals surface area contributed by atoms with Gasteiger partial charge in [-0.05, 0) is 12.1 Å². The van der Waals surface area contributed by atoms with E-state index in [1.165, 1.54) is 18.2 Å². The van der Waals surface area contributed by atoms with Gasteiger partial charge in [0.2, 0.25) is 0 Å². The molecular formula is C13H16F2O3. The lowest BCUT2D eigenvalue weighted by Crippen LogP contribution is -2.16. The molecule has 0 saturated carbocycles. The lowest BCUT2D eigenvalue weighted by molar-refractivity contribution is 0.0149.